The van der Waals surface area contributed by atoms with Crippen molar-refractivity contribution < 1.29 is 5.11 Å². The van der Waals surface area contributed by atoms with Crippen LogP contribution in [0.3, 0.4) is 0 Å². The second kappa shape index (κ2) is 4.12. The highest BCUT2D eigenvalue weighted by Gasteiger charge is 2.14. The molecule has 19 heavy (non-hydrogen) atoms. The first-order valence-electron chi connectivity index (χ1n) is 6.30. The maximum absolute atomic E-state index is 9.92. The van der Waals surface area contributed by atoms with Crippen molar-refractivity contribution in [2.75, 3.05) is 5.73 Å². The predicted octanol–water partition coefficient (Wildman–Crippen LogP) is 2.53. The average Bonchev–Trinajstić information content (AvgIpc) is 2.75. The summed E-state index contributed by atoms with van der Waals surface area (Å²) in [6, 6.07) is 5.35. The fourth-order valence-corrected chi connectivity index (χ4v) is 2.40. The minimum atomic E-state index is 0.142. The van der Waals surface area contributed by atoms with E-state index in [2.05, 4.69) is 28.4 Å². The van der Waals surface area contributed by atoms with Crippen LogP contribution in [-0.2, 0) is 6.54 Å². The first kappa shape index (κ1) is 11.8. The summed E-state index contributed by atoms with van der Waals surface area (Å²) in [7, 11) is 0. The van der Waals surface area contributed by atoms with Gasteiger partial charge in [0.05, 0.1) is 11.8 Å². The molecule has 3 rings (SSSR count). The summed E-state index contributed by atoms with van der Waals surface area (Å²) in [5, 5.41) is 10.8. The highest BCUT2D eigenvalue weighted by Crippen LogP contribution is 2.31. The molecule has 0 spiro atoms. The number of nitrogen functional groups attached to an aromatic ring is 1. The Morgan fingerprint density at radius 1 is 1.32 bits per heavy atom. The molecule has 0 aliphatic heterocycles. The highest BCUT2D eigenvalue weighted by molar-refractivity contribution is 6.07. The molecule has 98 valence electrons. The second-order valence-corrected chi connectivity index (χ2v) is 5.16. The summed E-state index contributed by atoms with van der Waals surface area (Å²) in [5.74, 6) is 0.994. The Hall–Kier alpha value is -2.30. The van der Waals surface area contributed by atoms with E-state index in [-0.39, 0.29) is 5.75 Å². The van der Waals surface area contributed by atoms with E-state index in [9.17, 15) is 5.11 Å². The van der Waals surface area contributed by atoms with Crippen LogP contribution in [0.1, 0.15) is 13.8 Å². The highest BCUT2D eigenvalue weighted by atomic mass is 16.3. The van der Waals surface area contributed by atoms with Crippen LogP contribution in [0.4, 0.5) is 5.82 Å². The van der Waals surface area contributed by atoms with Gasteiger partial charge in [0.2, 0.25) is 0 Å². The van der Waals surface area contributed by atoms with Gasteiger partial charge in [0, 0.05) is 11.9 Å². The van der Waals surface area contributed by atoms with Gasteiger partial charge in [-0.15, -0.1) is 0 Å². The fourth-order valence-electron chi connectivity index (χ4n) is 2.40. The van der Waals surface area contributed by atoms with Crippen molar-refractivity contribution in [1.29, 1.82) is 0 Å². The third-order valence-electron chi connectivity index (χ3n) is 3.14. The number of para-hydroxylation sites is 1. The lowest BCUT2D eigenvalue weighted by Crippen LogP contribution is -2.03. The molecule has 2 heterocycles. The van der Waals surface area contributed by atoms with Crippen LogP contribution < -0.4 is 5.73 Å². The van der Waals surface area contributed by atoms with Gasteiger partial charge in [-0.3, -0.25) is 0 Å². The predicted molar refractivity (Wildman–Crippen MR) is 75.9 cm³/mol. The maximum atomic E-state index is 9.92. The van der Waals surface area contributed by atoms with Gasteiger partial charge >= 0.3 is 0 Å². The second-order valence-electron chi connectivity index (χ2n) is 5.16. The number of benzene rings is 1. The molecule has 0 atom stereocenters. The van der Waals surface area contributed by atoms with E-state index in [4.69, 9.17) is 5.73 Å². The Bertz CT molecular complexity index is 761. The number of nitrogens with two attached hydrogens (primary N) is 1. The van der Waals surface area contributed by atoms with Crippen molar-refractivity contribution in [2.45, 2.75) is 20.4 Å². The summed E-state index contributed by atoms with van der Waals surface area (Å²) < 4.78 is 2.07. The Balaban J connectivity index is 2.43. The quantitative estimate of drug-likeness (QED) is 0.738. The van der Waals surface area contributed by atoms with Gasteiger partial charge in [-0.2, -0.15) is 0 Å². The van der Waals surface area contributed by atoms with Gasteiger partial charge in [0.1, 0.15) is 16.8 Å². The van der Waals surface area contributed by atoms with Crippen LogP contribution in [0.25, 0.3) is 21.9 Å². The van der Waals surface area contributed by atoms with Crippen molar-refractivity contribution in [2.24, 2.45) is 5.92 Å². The number of fused-ring (bicyclic) bond motifs is 3. The summed E-state index contributed by atoms with van der Waals surface area (Å²) in [4.78, 5) is 8.59. The first-order valence-corrected chi connectivity index (χ1v) is 6.30. The van der Waals surface area contributed by atoms with E-state index >= 15 is 0 Å². The lowest BCUT2D eigenvalue weighted by molar-refractivity contribution is 0.480. The van der Waals surface area contributed by atoms with Crippen molar-refractivity contribution in [3.05, 3.63) is 24.5 Å². The Morgan fingerprint density at radius 2 is 2.11 bits per heavy atom. The zero-order valence-electron chi connectivity index (χ0n) is 11.0. The molecule has 3 N–H and O–H groups in total. The van der Waals surface area contributed by atoms with Gasteiger partial charge in [-0.1, -0.05) is 26.0 Å². The molecule has 0 fully saturated rings. The molecule has 5 nitrogen and oxygen atoms in total. The summed E-state index contributed by atoms with van der Waals surface area (Å²) in [6.45, 7) is 5.15. The van der Waals surface area contributed by atoms with Gasteiger partial charge < -0.3 is 15.4 Å². The van der Waals surface area contributed by atoms with Gasteiger partial charge in [-0.05, 0) is 12.0 Å². The van der Waals surface area contributed by atoms with E-state index in [1.165, 1.54) is 0 Å². The molecule has 0 bridgehead atoms. The van der Waals surface area contributed by atoms with Gasteiger partial charge in [0.15, 0.2) is 5.82 Å². The number of hydrogen-bond donors (Lipinski definition) is 2. The molecule has 0 amide bonds. The standard InChI is InChI=1S/C14H16N4O/c1-8(2)6-18-7-16-12-13(18)9-4-3-5-10(19)11(9)17-14(12)15/h3-5,7-8,19H,6H2,1-2H3,(H2,15,17). The first-order chi connectivity index (χ1) is 9.08. The zero-order chi connectivity index (χ0) is 13.6. The smallest absolute Gasteiger partial charge is 0.152 e. The number of pyridine rings is 1. The van der Waals surface area contributed by atoms with Crippen LogP contribution >= 0.6 is 0 Å². The number of hydrogen-bond acceptors (Lipinski definition) is 4. The molecule has 2 aromatic heterocycles. The van der Waals surface area contributed by atoms with Crippen molar-refractivity contribution in [3.8, 4) is 5.75 Å². The molecule has 1 aromatic carbocycles. The molecule has 0 unspecified atom stereocenters. The Labute approximate surface area is 110 Å². The number of rotatable bonds is 2. The molecule has 0 aliphatic carbocycles. The van der Waals surface area contributed by atoms with Crippen molar-refractivity contribution in [1.82, 2.24) is 14.5 Å². The number of anilines is 1. The molecule has 0 aliphatic rings. The number of nitrogens with zero attached hydrogens (tertiary/aromatic N) is 3. The fraction of sp³-hybridized carbons (Fsp3) is 0.286. The van der Waals surface area contributed by atoms with Crippen LogP contribution in [0.2, 0.25) is 0 Å². The summed E-state index contributed by atoms with van der Waals surface area (Å²) >= 11 is 0. The third-order valence-corrected chi connectivity index (χ3v) is 3.14. The molecular weight excluding hydrogens is 240 g/mol. The van der Waals surface area contributed by atoms with Crippen LogP contribution in [0.5, 0.6) is 5.75 Å². The minimum absolute atomic E-state index is 0.142. The van der Waals surface area contributed by atoms with Gasteiger partial charge in [0.25, 0.3) is 0 Å². The zero-order valence-corrected chi connectivity index (χ0v) is 11.0. The maximum Gasteiger partial charge on any atom is 0.152 e. The molecule has 0 saturated carbocycles. The van der Waals surface area contributed by atoms with Crippen molar-refractivity contribution in [3.63, 3.8) is 0 Å². The minimum Gasteiger partial charge on any atom is -0.506 e. The number of aromatic hydroxyl groups is 1. The molecule has 0 saturated heterocycles. The normalized spacial score (nSPS) is 11.7. The molecule has 5 heteroatoms. The SMILES string of the molecule is CC(C)Cn1cnc2c(N)nc3c(O)cccc3c21. The van der Waals surface area contributed by atoms with Crippen LogP contribution in [-0.4, -0.2) is 19.6 Å². The lowest BCUT2D eigenvalue weighted by Gasteiger charge is -2.10. The van der Waals surface area contributed by atoms with E-state index in [0.717, 1.165) is 17.4 Å². The third kappa shape index (κ3) is 1.78. The topological polar surface area (TPSA) is 77.0 Å². The average molecular weight is 256 g/mol. The number of imidazole rings is 1. The van der Waals surface area contributed by atoms with E-state index in [0.29, 0.717) is 22.8 Å². The summed E-state index contributed by atoms with van der Waals surface area (Å²) in [5.41, 5.74) is 8.09. The van der Waals surface area contributed by atoms with Gasteiger partial charge in [-0.25, -0.2) is 9.97 Å². The lowest BCUT2D eigenvalue weighted by atomic mass is 10.1. The summed E-state index contributed by atoms with van der Waals surface area (Å²) in [6.07, 6.45) is 1.78. The monoisotopic (exact) mass is 256 g/mol. The van der Waals surface area contributed by atoms with E-state index in [1.807, 2.05) is 12.1 Å². The Morgan fingerprint density at radius 3 is 2.84 bits per heavy atom. The molecular formula is C14H16N4O. The number of phenolic OH excluding ortho intramolecular Hbond substituents is 1. The van der Waals surface area contributed by atoms with E-state index < -0.39 is 0 Å². The molecule has 3 aromatic rings. The van der Waals surface area contributed by atoms with Crippen LogP contribution in [0.15, 0.2) is 24.5 Å². The number of aromatic nitrogens is 3. The largest absolute Gasteiger partial charge is 0.506 e. The number of phenols is 1. The Kier molecular flexibility index (Phi) is 2.55. The van der Waals surface area contributed by atoms with Crippen LogP contribution in [0, 0.1) is 5.92 Å². The molecule has 0 radical (unpaired) electrons. The van der Waals surface area contributed by atoms with Crippen molar-refractivity contribution >= 4 is 27.8 Å². The van der Waals surface area contributed by atoms with E-state index in [1.54, 1.807) is 12.4 Å².